The molecule has 0 unspecified atom stereocenters. The summed E-state index contributed by atoms with van der Waals surface area (Å²) in [5.74, 6) is -0.260. The van der Waals surface area contributed by atoms with Gasteiger partial charge in [-0.1, -0.05) is 6.07 Å². The van der Waals surface area contributed by atoms with Crippen LogP contribution in [0, 0.1) is 10.1 Å². The highest BCUT2D eigenvalue weighted by Gasteiger charge is 2.30. The van der Waals surface area contributed by atoms with Gasteiger partial charge in [0.2, 0.25) is 5.75 Å². The van der Waals surface area contributed by atoms with Crippen LogP contribution in [0.25, 0.3) is 0 Å². The van der Waals surface area contributed by atoms with Crippen molar-refractivity contribution in [2.24, 2.45) is 0 Å². The maximum absolute atomic E-state index is 12.3. The Labute approximate surface area is 110 Å². The molecule has 1 N–H and O–H groups in total. The van der Waals surface area contributed by atoms with Crippen LogP contribution in [0.2, 0.25) is 0 Å². The summed E-state index contributed by atoms with van der Waals surface area (Å²) in [6.45, 7) is 1.47. The summed E-state index contributed by atoms with van der Waals surface area (Å²) >= 11 is 0. The van der Waals surface area contributed by atoms with Crippen molar-refractivity contribution in [3.05, 3.63) is 33.9 Å². The number of nitro benzene ring substituents is 1. The summed E-state index contributed by atoms with van der Waals surface area (Å²) in [6.07, 6.45) is 0. The maximum atomic E-state index is 12.3. The predicted molar refractivity (Wildman–Crippen MR) is 68.4 cm³/mol. The normalized spacial score (nSPS) is 14.6. The molecule has 2 rings (SSSR count). The highest BCUT2D eigenvalue weighted by molar-refractivity contribution is 5.98. The van der Waals surface area contributed by atoms with Crippen LogP contribution in [-0.2, 0) is 0 Å². The third-order valence-corrected chi connectivity index (χ3v) is 3.25. The molecule has 19 heavy (non-hydrogen) atoms. The van der Waals surface area contributed by atoms with Crippen LogP contribution in [0.15, 0.2) is 18.2 Å². The first-order valence-corrected chi connectivity index (χ1v) is 5.85. The number of carbonyl (C=O) groups excluding carboxylic acids is 1. The van der Waals surface area contributed by atoms with Crippen molar-refractivity contribution in [1.29, 1.82) is 0 Å². The number of ether oxygens (including phenoxy) is 1. The van der Waals surface area contributed by atoms with Gasteiger partial charge in [0.1, 0.15) is 0 Å². The number of benzene rings is 1. The van der Waals surface area contributed by atoms with Crippen molar-refractivity contribution in [2.75, 3.05) is 27.2 Å². The third kappa shape index (κ3) is 2.37. The van der Waals surface area contributed by atoms with Gasteiger partial charge in [-0.05, 0) is 6.07 Å². The van der Waals surface area contributed by atoms with E-state index in [9.17, 15) is 14.9 Å². The van der Waals surface area contributed by atoms with Gasteiger partial charge in [-0.2, -0.15) is 0 Å². The van der Waals surface area contributed by atoms with Crippen LogP contribution in [0.1, 0.15) is 10.4 Å². The fourth-order valence-electron chi connectivity index (χ4n) is 1.95. The molecule has 0 bridgehead atoms. The van der Waals surface area contributed by atoms with E-state index in [0.717, 1.165) is 13.1 Å². The van der Waals surface area contributed by atoms with Crippen molar-refractivity contribution in [3.63, 3.8) is 0 Å². The molecule has 7 heteroatoms. The van der Waals surface area contributed by atoms with Crippen molar-refractivity contribution < 1.29 is 14.5 Å². The molecule has 1 amide bonds. The number of amides is 1. The highest BCUT2D eigenvalue weighted by Crippen LogP contribution is 2.31. The highest BCUT2D eigenvalue weighted by atomic mass is 16.6. The molecular weight excluding hydrogens is 250 g/mol. The molecule has 102 valence electrons. The Morgan fingerprint density at radius 1 is 1.53 bits per heavy atom. The lowest BCUT2D eigenvalue weighted by atomic mass is 10.1. The summed E-state index contributed by atoms with van der Waals surface area (Å²) in [4.78, 5) is 24.3. The molecule has 0 saturated carbocycles. The molecule has 1 aromatic rings. The lowest BCUT2D eigenvalue weighted by Crippen LogP contribution is -2.57. The zero-order valence-electron chi connectivity index (χ0n) is 10.8. The Balaban J connectivity index is 2.35. The molecule has 0 aromatic heterocycles. The van der Waals surface area contributed by atoms with Crippen LogP contribution in [0.3, 0.4) is 0 Å². The van der Waals surface area contributed by atoms with Crippen LogP contribution in [0.4, 0.5) is 5.69 Å². The number of nitrogens with one attached hydrogen (secondary N) is 1. The van der Waals surface area contributed by atoms with Gasteiger partial charge in [-0.15, -0.1) is 0 Å². The van der Waals surface area contributed by atoms with Gasteiger partial charge in [0.25, 0.3) is 5.91 Å². The number of methoxy groups -OCH3 is 1. The Morgan fingerprint density at radius 2 is 2.21 bits per heavy atom. The third-order valence-electron chi connectivity index (χ3n) is 3.25. The fraction of sp³-hybridized carbons (Fsp3) is 0.417. The Bertz CT molecular complexity index is 514. The van der Waals surface area contributed by atoms with Gasteiger partial charge in [0.05, 0.1) is 23.6 Å². The molecule has 7 nitrogen and oxygen atoms in total. The number of hydrogen-bond acceptors (Lipinski definition) is 5. The second-order valence-corrected chi connectivity index (χ2v) is 4.34. The van der Waals surface area contributed by atoms with E-state index in [2.05, 4.69) is 5.32 Å². The Kier molecular flexibility index (Phi) is 3.66. The number of nitrogens with zero attached hydrogens (tertiary/aromatic N) is 2. The molecule has 0 radical (unpaired) electrons. The molecule has 1 aromatic carbocycles. The van der Waals surface area contributed by atoms with Crippen molar-refractivity contribution >= 4 is 11.6 Å². The van der Waals surface area contributed by atoms with E-state index < -0.39 is 4.92 Å². The summed E-state index contributed by atoms with van der Waals surface area (Å²) in [7, 11) is 3.01. The summed E-state index contributed by atoms with van der Waals surface area (Å²) < 4.78 is 5.04. The van der Waals surface area contributed by atoms with Gasteiger partial charge in [-0.3, -0.25) is 14.9 Å². The largest absolute Gasteiger partial charge is 0.490 e. The van der Waals surface area contributed by atoms with E-state index in [1.807, 2.05) is 0 Å². The second-order valence-electron chi connectivity index (χ2n) is 4.34. The van der Waals surface area contributed by atoms with Crippen LogP contribution >= 0.6 is 0 Å². The second kappa shape index (κ2) is 5.23. The van der Waals surface area contributed by atoms with E-state index in [-0.39, 0.29) is 28.9 Å². The first kappa shape index (κ1) is 13.3. The topological polar surface area (TPSA) is 84.7 Å². The minimum absolute atomic E-state index is 0.0108. The predicted octanol–water partition coefficient (Wildman–Crippen LogP) is 0.647. The molecule has 0 aliphatic carbocycles. The zero-order valence-corrected chi connectivity index (χ0v) is 10.8. The molecule has 1 heterocycles. The summed E-state index contributed by atoms with van der Waals surface area (Å²) in [5.41, 5.74) is 0.0135. The van der Waals surface area contributed by atoms with E-state index in [1.165, 1.54) is 25.3 Å². The number of rotatable bonds is 4. The standard InChI is InChI=1S/C12H15N3O4/c1-14(8-6-13-7-8)12(16)9-4-3-5-10(15(17)18)11(9)19-2/h3-5,8,13H,6-7H2,1-2H3. The quantitative estimate of drug-likeness (QED) is 0.638. The van der Waals surface area contributed by atoms with Gasteiger partial charge >= 0.3 is 5.69 Å². The number of nitro groups is 1. The van der Waals surface area contributed by atoms with Crippen molar-refractivity contribution in [1.82, 2.24) is 10.2 Å². The number of hydrogen-bond donors (Lipinski definition) is 1. The average molecular weight is 265 g/mol. The van der Waals surface area contributed by atoms with Gasteiger partial charge in [0, 0.05) is 26.2 Å². The Morgan fingerprint density at radius 3 is 2.68 bits per heavy atom. The number of carbonyl (C=O) groups is 1. The molecule has 1 aliphatic heterocycles. The van der Waals surface area contributed by atoms with Crippen LogP contribution < -0.4 is 10.1 Å². The summed E-state index contributed by atoms with van der Waals surface area (Å²) in [6, 6.07) is 4.47. The number of para-hydroxylation sites is 1. The van der Waals surface area contributed by atoms with E-state index in [1.54, 1.807) is 11.9 Å². The molecule has 1 saturated heterocycles. The fourth-order valence-corrected chi connectivity index (χ4v) is 1.95. The first-order chi connectivity index (χ1) is 9.06. The molecule has 1 fully saturated rings. The van der Waals surface area contributed by atoms with Crippen molar-refractivity contribution in [2.45, 2.75) is 6.04 Å². The SMILES string of the molecule is COc1c(C(=O)N(C)C2CNC2)cccc1[N+](=O)[O-]. The zero-order chi connectivity index (χ0) is 14.0. The van der Waals surface area contributed by atoms with E-state index in [0.29, 0.717) is 0 Å². The minimum atomic E-state index is -0.555. The Hall–Kier alpha value is -2.15. The van der Waals surface area contributed by atoms with E-state index >= 15 is 0 Å². The van der Waals surface area contributed by atoms with Crippen LogP contribution in [0.5, 0.6) is 5.75 Å². The van der Waals surface area contributed by atoms with Crippen molar-refractivity contribution in [3.8, 4) is 5.75 Å². The minimum Gasteiger partial charge on any atom is -0.490 e. The lowest BCUT2D eigenvalue weighted by molar-refractivity contribution is -0.385. The summed E-state index contributed by atoms with van der Waals surface area (Å²) in [5, 5.41) is 14.0. The molecular formula is C12H15N3O4. The van der Waals surface area contributed by atoms with Gasteiger partial charge < -0.3 is 15.0 Å². The van der Waals surface area contributed by atoms with Crippen LogP contribution in [-0.4, -0.2) is 49.0 Å². The number of likely N-dealkylation sites (N-methyl/N-ethyl adjacent to an activating group) is 1. The maximum Gasteiger partial charge on any atom is 0.311 e. The van der Waals surface area contributed by atoms with Gasteiger partial charge in [0.15, 0.2) is 0 Å². The molecule has 0 spiro atoms. The average Bonchev–Trinajstić information content (AvgIpc) is 2.34. The molecule has 1 aliphatic rings. The van der Waals surface area contributed by atoms with E-state index in [4.69, 9.17) is 4.74 Å². The monoisotopic (exact) mass is 265 g/mol. The smallest absolute Gasteiger partial charge is 0.311 e. The molecule has 0 atom stereocenters. The van der Waals surface area contributed by atoms with Gasteiger partial charge in [-0.25, -0.2) is 0 Å². The lowest BCUT2D eigenvalue weighted by Gasteiger charge is -2.35. The first-order valence-electron chi connectivity index (χ1n) is 5.85.